The lowest BCUT2D eigenvalue weighted by Gasteiger charge is -2.08. The molecule has 5 heteroatoms. The van der Waals surface area contributed by atoms with E-state index >= 15 is 0 Å². The maximum Gasteiger partial charge on any atom is 0.152 e. The van der Waals surface area contributed by atoms with Gasteiger partial charge in [0.25, 0.3) is 0 Å². The first-order chi connectivity index (χ1) is 7.76. The third-order valence-electron chi connectivity index (χ3n) is 2.32. The zero-order valence-corrected chi connectivity index (χ0v) is 9.90. The van der Waals surface area contributed by atoms with Crippen LogP contribution >= 0.6 is 11.6 Å². The van der Waals surface area contributed by atoms with E-state index in [1.807, 2.05) is 35.8 Å². The third-order valence-corrected chi connectivity index (χ3v) is 2.56. The molecule has 0 radical (unpaired) electrons. The summed E-state index contributed by atoms with van der Waals surface area (Å²) in [5.41, 5.74) is 0.956. The summed E-state index contributed by atoms with van der Waals surface area (Å²) in [5, 5.41) is 8.01. The molecular formula is C11H12ClN3O. The number of ether oxygens (including phenoxy) is 1. The SMILES string of the molecule is COc1cccc(-n2c(C)nnc2CCl)c1. The highest BCUT2D eigenvalue weighted by Crippen LogP contribution is 2.19. The van der Waals surface area contributed by atoms with E-state index in [9.17, 15) is 0 Å². The lowest BCUT2D eigenvalue weighted by Crippen LogP contribution is -2.01. The van der Waals surface area contributed by atoms with Gasteiger partial charge in [-0.1, -0.05) is 6.07 Å². The molecule has 0 spiro atoms. The number of aromatic nitrogens is 3. The van der Waals surface area contributed by atoms with E-state index in [0.717, 1.165) is 23.1 Å². The minimum atomic E-state index is 0.331. The van der Waals surface area contributed by atoms with E-state index in [-0.39, 0.29) is 0 Å². The molecular weight excluding hydrogens is 226 g/mol. The zero-order chi connectivity index (χ0) is 11.5. The van der Waals surface area contributed by atoms with Gasteiger partial charge in [0.1, 0.15) is 11.6 Å². The summed E-state index contributed by atoms with van der Waals surface area (Å²) >= 11 is 5.81. The average molecular weight is 238 g/mol. The standard InChI is InChI=1S/C11H12ClN3O/c1-8-13-14-11(7-12)15(8)9-4-3-5-10(6-9)16-2/h3-6H,7H2,1-2H3. The van der Waals surface area contributed by atoms with Gasteiger partial charge in [-0.15, -0.1) is 21.8 Å². The number of alkyl halides is 1. The predicted octanol–water partition coefficient (Wildman–Crippen LogP) is 2.32. The first-order valence-electron chi connectivity index (χ1n) is 4.87. The third kappa shape index (κ3) is 1.88. The van der Waals surface area contributed by atoms with Crippen molar-refractivity contribution in [2.75, 3.05) is 7.11 Å². The van der Waals surface area contributed by atoms with Gasteiger partial charge in [0, 0.05) is 6.07 Å². The highest BCUT2D eigenvalue weighted by molar-refractivity contribution is 6.16. The van der Waals surface area contributed by atoms with Crippen LogP contribution < -0.4 is 4.74 Å². The van der Waals surface area contributed by atoms with E-state index < -0.39 is 0 Å². The molecule has 0 aliphatic carbocycles. The summed E-state index contributed by atoms with van der Waals surface area (Å²) in [5.74, 6) is 2.67. The fourth-order valence-corrected chi connectivity index (χ4v) is 1.75. The van der Waals surface area contributed by atoms with E-state index in [4.69, 9.17) is 16.3 Å². The lowest BCUT2D eigenvalue weighted by molar-refractivity contribution is 0.414. The van der Waals surface area contributed by atoms with Gasteiger partial charge in [0.15, 0.2) is 5.82 Å². The van der Waals surface area contributed by atoms with Crippen molar-refractivity contribution in [1.82, 2.24) is 14.8 Å². The fourth-order valence-electron chi connectivity index (χ4n) is 1.58. The second kappa shape index (κ2) is 4.53. The molecule has 2 rings (SSSR count). The van der Waals surface area contributed by atoms with E-state index in [0.29, 0.717) is 5.88 Å². The molecule has 2 aromatic rings. The maximum atomic E-state index is 5.81. The summed E-state index contributed by atoms with van der Waals surface area (Å²) in [6.07, 6.45) is 0. The van der Waals surface area contributed by atoms with Crippen LogP contribution in [0.15, 0.2) is 24.3 Å². The van der Waals surface area contributed by atoms with Crippen molar-refractivity contribution in [3.8, 4) is 11.4 Å². The first kappa shape index (κ1) is 11.0. The normalized spacial score (nSPS) is 10.4. The fraction of sp³-hybridized carbons (Fsp3) is 0.273. The summed E-state index contributed by atoms with van der Waals surface area (Å²) < 4.78 is 7.09. The molecule has 84 valence electrons. The molecule has 0 aliphatic heterocycles. The molecule has 0 saturated heterocycles. The average Bonchev–Trinajstić information content (AvgIpc) is 2.70. The molecule has 0 unspecified atom stereocenters. The minimum Gasteiger partial charge on any atom is -0.497 e. The Balaban J connectivity index is 2.53. The van der Waals surface area contributed by atoms with Crippen LogP contribution in [0.2, 0.25) is 0 Å². The highest BCUT2D eigenvalue weighted by Gasteiger charge is 2.09. The van der Waals surface area contributed by atoms with Crippen molar-refractivity contribution >= 4 is 11.6 Å². The number of hydrogen-bond acceptors (Lipinski definition) is 3. The molecule has 0 amide bonds. The Bertz CT molecular complexity index is 496. The second-order valence-corrected chi connectivity index (χ2v) is 3.60. The van der Waals surface area contributed by atoms with Crippen molar-refractivity contribution in [1.29, 1.82) is 0 Å². The van der Waals surface area contributed by atoms with Gasteiger partial charge in [-0.05, 0) is 19.1 Å². The van der Waals surface area contributed by atoms with Crippen LogP contribution in [-0.4, -0.2) is 21.9 Å². The van der Waals surface area contributed by atoms with Gasteiger partial charge in [0.05, 0.1) is 18.7 Å². The summed E-state index contributed by atoms with van der Waals surface area (Å²) in [6, 6.07) is 7.70. The monoisotopic (exact) mass is 237 g/mol. The van der Waals surface area contributed by atoms with Crippen molar-refractivity contribution in [3.63, 3.8) is 0 Å². The second-order valence-electron chi connectivity index (χ2n) is 3.33. The van der Waals surface area contributed by atoms with Crippen molar-refractivity contribution in [2.45, 2.75) is 12.8 Å². The van der Waals surface area contributed by atoms with Crippen LogP contribution in [-0.2, 0) is 5.88 Å². The quantitative estimate of drug-likeness (QED) is 0.770. The molecule has 0 N–H and O–H groups in total. The van der Waals surface area contributed by atoms with Gasteiger partial charge in [-0.25, -0.2) is 0 Å². The maximum absolute atomic E-state index is 5.81. The zero-order valence-electron chi connectivity index (χ0n) is 9.14. The van der Waals surface area contributed by atoms with Crippen LogP contribution in [0.25, 0.3) is 5.69 Å². The Labute approximate surface area is 98.8 Å². The topological polar surface area (TPSA) is 39.9 Å². The summed E-state index contributed by atoms with van der Waals surface area (Å²) in [6.45, 7) is 1.89. The summed E-state index contributed by atoms with van der Waals surface area (Å²) in [7, 11) is 1.64. The number of nitrogens with zero attached hydrogens (tertiary/aromatic N) is 3. The number of benzene rings is 1. The van der Waals surface area contributed by atoms with Crippen LogP contribution in [0.4, 0.5) is 0 Å². The Morgan fingerprint density at radius 1 is 1.38 bits per heavy atom. The van der Waals surface area contributed by atoms with E-state index in [2.05, 4.69) is 10.2 Å². The van der Waals surface area contributed by atoms with Gasteiger partial charge in [0.2, 0.25) is 0 Å². The number of halogens is 1. The number of aryl methyl sites for hydroxylation is 1. The highest BCUT2D eigenvalue weighted by atomic mass is 35.5. The van der Waals surface area contributed by atoms with Crippen LogP contribution in [0.5, 0.6) is 5.75 Å². The van der Waals surface area contributed by atoms with Crippen LogP contribution in [0.3, 0.4) is 0 Å². The molecule has 0 aliphatic rings. The van der Waals surface area contributed by atoms with E-state index in [1.54, 1.807) is 7.11 Å². The largest absolute Gasteiger partial charge is 0.497 e. The van der Waals surface area contributed by atoms with E-state index in [1.165, 1.54) is 0 Å². The van der Waals surface area contributed by atoms with Gasteiger partial charge >= 0.3 is 0 Å². The molecule has 1 heterocycles. The molecule has 1 aromatic heterocycles. The summed E-state index contributed by atoms with van der Waals surface area (Å²) in [4.78, 5) is 0. The molecule has 4 nitrogen and oxygen atoms in total. The van der Waals surface area contributed by atoms with Crippen molar-refractivity contribution < 1.29 is 4.74 Å². The van der Waals surface area contributed by atoms with Crippen molar-refractivity contribution in [2.24, 2.45) is 0 Å². The smallest absolute Gasteiger partial charge is 0.152 e. The van der Waals surface area contributed by atoms with Gasteiger partial charge in [-0.3, -0.25) is 4.57 Å². The molecule has 1 aromatic carbocycles. The molecule has 0 saturated carbocycles. The lowest BCUT2D eigenvalue weighted by atomic mass is 10.3. The molecule has 0 fully saturated rings. The number of rotatable bonds is 3. The molecule has 16 heavy (non-hydrogen) atoms. The minimum absolute atomic E-state index is 0.331. The van der Waals surface area contributed by atoms with Crippen LogP contribution in [0.1, 0.15) is 11.6 Å². The Morgan fingerprint density at radius 3 is 2.88 bits per heavy atom. The Hall–Kier alpha value is -1.55. The Morgan fingerprint density at radius 2 is 2.19 bits per heavy atom. The number of methoxy groups -OCH3 is 1. The van der Waals surface area contributed by atoms with Crippen molar-refractivity contribution in [3.05, 3.63) is 35.9 Å². The molecule has 0 atom stereocenters. The predicted molar refractivity (Wildman–Crippen MR) is 62.2 cm³/mol. The van der Waals surface area contributed by atoms with Gasteiger partial charge in [-0.2, -0.15) is 0 Å². The molecule has 0 bridgehead atoms. The van der Waals surface area contributed by atoms with Gasteiger partial charge < -0.3 is 4.74 Å². The Kier molecular flexibility index (Phi) is 3.10. The number of hydrogen-bond donors (Lipinski definition) is 0. The van der Waals surface area contributed by atoms with Crippen LogP contribution in [0, 0.1) is 6.92 Å². The first-order valence-corrected chi connectivity index (χ1v) is 5.41.